The molecule has 0 saturated carbocycles. The van der Waals surface area contributed by atoms with E-state index in [1.54, 1.807) is 0 Å². The summed E-state index contributed by atoms with van der Waals surface area (Å²) in [5.74, 6) is 0.131. The van der Waals surface area contributed by atoms with E-state index in [9.17, 15) is 14.4 Å². The number of carbonyl (C=O) groups excluding carboxylic acids is 3. The number of aromatic nitrogens is 1. The van der Waals surface area contributed by atoms with Gasteiger partial charge in [-0.15, -0.1) is 0 Å². The molecule has 3 amide bonds. The molecule has 11 heteroatoms. The smallest absolute Gasteiger partial charge is 0.419 e. The predicted molar refractivity (Wildman–Crippen MR) is 171 cm³/mol. The quantitative estimate of drug-likeness (QED) is 0.0677. The molecule has 0 radical (unpaired) electrons. The second-order valence-corrected chi connectivity index (χ2v) is 11.6. The number of nitrogens with one attached hydrogen (secondary N) is 1. The molecule has 0 atom stereocenters. The number of hydrogen-bond donors (Lipinski definition) is 1. The highest BCUT2D eigenvalue weighted by Crippen LogP contribution is 2.12. The Labute approximate surface area is 289 Å². The number of rotatable bonds is 25. The van der Waals surface area contributed by atoms with Gasteiger partial charge in [0.1, 0.15) is 26.3 Å². The minimum absolute atomic E-state index is 0. The first-order valence-electron chi connectivity index (χ1n) is 17.0. The highest BCUT2D eigenvalue weighted by Gasteiger charge is 2.28. The fourth-order valence-electron chi connectivity index (χ4n) is 4.59. The summed E-state index contributed by atoms with van der Waals surface area (Å²) in [4.78, 5) is 38.2. The number of pyridine rings is 1. The number of imide groups is 1. The van der Waals surface area contributed by atoms with Gasteiger partial charge >= 0.3 is 18.3 Å². The highest BCUT2D eigenvalue weighted by molar-refractivity contribution is 5.87. The number of hydrogen-bond acceptors (Lipinski definition) is 7. The lowest BCUT2D eigenvalue weighted by atomic mass is 10.0. The van der Waals surface area contributed by atoms with Gasteiger partial charge in [0.05, 0.1) is 19.8 Å². The summed E-state index contributed by atoms with van der Waals surface area (Å²) >= 11 is 0. The van der Waals surface area contributed by atoms with Gasteiger partial charge < -0.3 is 48.2 Å². The molecule has 0 bridgehead atoms. The lowest BCUT2D eigenvalue weighted by Gasteiger charge is -2.20. The standard InChI is InChI=1S/C34H59N3O7.HI/c1-5-7-8-9-10-11-12-13-14-15-16-17-19-22-35-32(38)42-26-24-41-25-27-43-33(39)37(34(40)44-29-30(3)4)28-31-21-18-20-23-36(31)6-2;/h18,20-21,23,30H,5-17,19,22,24-29H2,1-4H3;1H. The SMILES string of the molecule is CCCCCCCCCCCCCCCNC(=O)OCCOCCOC(=O)N(Cc1cccc[n+]1CC)C(=O)OCC(C)C.[I-]. The maximum absolute atomic E-state index is 12.7. The van der Waals surface area contributed by atoms with Gasteiger partial charge in [-0.25, -0.2) is 23.9 Å². The summed E-state index contributed by atoms with van der Waals surface area (Å²) in [6.07, 6.45) is 16.6. The van der Waals surface area contributed by atoms with E-state index in [4.69, 9.17) is 18.9 Å². The van der Waals surface area contributed by atoms with Crippen molar-refractivity contribution in [3.8, 4) is 0 Å². The molecule has 0 aliphatic heterocycles. The first-order valence-corrected chi connectivity index (χ1v) is 17.0. The molecule has 45 heavy (non-hydrogen) atoms. The number of ether oxygens (including phenoxy) is 4. The normalized spacial score (nSPS) is 10.7. The van der Waals surface area contributed by atoms with E-state index < -0.39 is 18.3 Å². The molecule has 1 rings (SSSR count). The summed E-state index contributed by atoms with van der Waals surface area (Å²) in [6, 6.07) is 5.58. The van der Waals surface area contributed by atoms with Crippen LogP contribution >= 0.6 is 0 Å². The Morgan fingerprint density at radius 3 is 1.89 bits per heavy atom. The number of nitrogens with zero attached hydrogens (tertiary/aromatic N) is 2. The van der Waals surface area contributed by atoms with Gasteiger partial charge in [-0.05, 0) is 19.3 Å². The van der Waals surface area contributed by atoms with E-state index in [-0.39, 0.29) is 69.5 Å². The lowest BCUT2D eigenvalue weighted by Crippen LogP contribution is -3.00. The van der Waals surface area contributed by atoms with E-state index in [0.717, 1.165) is 23.4 Å². The van der Waals surface area contributed by atoms with Crippen molar-refractivity contribution in [2.24, 2.45) is 5.92 Å². The van der Waals surface area contributed by atoms with E-state index in [0.29, 0.717) is 13.1 Å². The van der Waals surface area contributed by atoms with Crippen molar-refractivity contribution in [3.05, 3.63) is 30.1 Å². The molecule has 0 aliphatic carbocycles. The fourth-order valence-corrected chi connectivity index (χ4v) is 4.59. The number of aryl methyl sites for hydroxylation is 1. The summed E-state index contributed by atoms with van der Waals surface area (Å²) < 4.78 is 23.0. The van der Waals surface area contributed by atoms with Gasteiger partial charge in [0.2, 0.25) is 5.69 Å². The van der Waals surface area contributed by atoms with Crippen LogP contribution in [0.15, 0.2) is 24.4 Å². The molecular weight excluding hydrogens is 689 g/mol. The van der Waals surface area contributed by atoms with Gasteiger partial charge in [-0.2, -0.15) is 0 Å². The Balaban J connectivity index is 0.0000194. The molecule has 10 nitrogen and oxygen atoms in total. The molecule has 1 N–H and O–H groups in total. The van der Waals surface area contributed by atoms with Crippen molar-refractivity contribution < 1.29 is 61.9 Å². The summed E-state index contributed by atoms with van der Waals surface area (Å²) in [6.45, 7) is 9.90. The van der Waals surface area contributed by atoms with Crippen molar-refractivity contribution >= 4 is 18.3 Å². The van der Waals surface area contributed by atoms with Crippen molar-refractivity contribution in [2.75, 3.05) is 39.6 Å². The largest absolute Gasteiger partial charge is 1.00 e. The van der Waals surface area contributed by atoms with Crippen LogP contribution in [0.5, 0.6) is 0 Å². The second kappa shape index (κ2) is 29.3. The Bertz CT molecular complexity index is 904. The minimum atomic E-state index is -0.808. The molecule has 1 aromatic heterocycles. The van der Waals surface area contributed by atoms with Crippen LogP contribution in [0.4, 0.5) is 14.4 Å². The van der Waals surface area contributed by atoms with Crippen molar-refractivity contribution in [1.29, 1.82) is 0 Å². The maximum Gasteiger partial charge on any atom is 0.419 e. The van der Waals surface area contributed by atoms with Gasteiger partial charge in [-0.1, -0.05) is 104 Å². The minimum Gasteiger partial charge on any atom is -1.00 e. The molecule has 260 valence electrons. The average molecular weight is 750 g/mol. The van der Waals surface area contributed by atoms with E-state index in [1.807, 2.05) is 49.7 Å². The number of halogens is 1. The Kier molecular flexibility index (Phi) is 27.9. The van der Waals surface area contributed by atoms with Crippen LogP contribution in [-0.4, -0.2) is 62.8 Å². The summed E-state index contributed by atoms with van der Waals surface area (Å²) in [7, 11) is 0. The molecule has 0 fully saturated rings. The van der Waals surface area contributed by atoms with Crippen LogP contribution in [0, 0.1) is 5.92 Å². The summed E-state index contributed by atoms with van der Waals surface area (Å²) in [5.41, 5.74) is 0.772. The third-order valence-electron chi connectivity index (χ3n) is 7.14. The Morgan fingerprint density at radius 2 is 1.31 bits per heavy atom. The summed E-state index contributed by atoms with van der Waals surface area (Å²) in [5, 5.41) is 2.77. The molecule has 1 heterocycles. The van der Waals surface area contributed by atoms with Crippen molar-refractivity contribution in [2.45, 2.75) is 124 Å². The molecule has 0 aromatic carbocycles. The predicted octanol–water partition coefficient (Wildman–Crippen LogP) is 4.56. The monoisotopic (exact) mass is 749 g/mol. The Morgan fingerprint density at radius 1 is 0.756 bits per heavy atom. The van der Waals surface area contributed by atoms with Crippen LogP contribution < -0.4 is 33.9 Å². The molecule has 0 unspecified atom stereocenters. The molecular formula is C34H60IN3O7. The number of carbonyl (C=O) groups is 3. The first-order chi connectivity index (χ1) is 21.4. The topological polar surface area (TPSA) is 107 Å². The van der Waals surface area contributed by atoms with E-state index in [2.05, 4.69) is 12.2 Å². The van der Waals surface area contributed by atoms with Crippen molar-refractivity contribution in [3.63, 3.8) is 0 Å². The zero-order valence-electron chi connectivity index (χ0n) is 28.4. The zero-order chi connectivity index (χ0) is 32.3. The van der Waals surface area contributed by atoms with Crippen LogP contribution in [0.3, 0.4) is 0 Å². The number of alkyl carbamates (subject to hydrolysis) is 1. The van der Waals surface area contributed by atoms with Gasteiger partial charge in [0.15, 0.2) is 6.20 Å². The molecule has 1 aromatic rings. The van der Waals surface area contributed by atoms with Crippen LogP contribution in [0.1, 0.15) is 117 Å². The second-order valence-electron chi connectivity index (χ2n) is 11.6. The maximum atomic E-state index is 12.7. The van der Waals surface area contributed by atoms with Crippen LogP contribution in [0.25, 0.3) is 0 Å². The number of amides is 3. The first kappa shape index (κ1) is 42.9. The Hall–Kier alpha value is -2.15. The van der Waals surface area contributed by atoms with E-state index >= 15 is 0 Å². The van der Waals surface area contributed by atoms with Crippen molar-refractivity contribution in [1.82, 2.24) is 10.2 Å². The van der Waals surface area contributed by atoms with Gasteiger partial charge in [-0.3, -0.25) is 0 Å². The molecule has 0 aliphatic rings. The molecule has 0 spiro atoms. The average Bonchev–Trinajstić information content (AvgIpc) is 3.02. The fraction of sp³-hybridized carbons (Fsp3) is 0.765. The van der Waals surface area contributed by atoms with Crippen LogP contribution in [0.2, 0.25) is 0 Å². The highest BCUT2D eigenvalue weighted by atomic mass is 127. The zero-order valence-corrected chi connectivity index (χ0v) is 30.5. The molecule has 0 saturated heterocycles. The third kappa shape index (κ3) is 22.9. The van der Waals surface area contributed by atoms with Gasteiger partial charge in [0, 0.05) is 18.7 Å². The lowest BCUT2D eigenvalue weighted by molar-refractivity contribution is -0.701. The number of unbranched alkanes of at least 4 members (excludes halogenated alkanes) is 12. The van der Waals surface area contributed by atoms with Gasteiger partial charge in [0.25, 0.3) is 0 Å². The van der Waals surface area contributed by atoms with Crippen LogP contribution in [-0.2, 0) is 32.0 Å². The van der Waals surface area contributed by atoms with E-state index in [1.165, 1.54) is 70.6 Å². The third-order valence-corrected chi connectivity index (χ3v) is 7.14.